The predicted molar refractivity (Wildman–Crippen MR) is 47.0 cm³/mol. The van der Waals surface area contributed by atoms with Gasteiger partial charge in [-0.25, -0.2) is 9.97 Å². The molecule has 0 spiro atoms. The highest BCUT2D eigenvalue weighted by Gasteiger charge is 2.33. The minimum atomic E-state index is 0.246. The van der Waals surface area contributed by atoms with E-state index in [1.54, 1.807) is 6.20 Å². The molecule has 1 aliphatic carbocycles. The van der Waals surface area contributed by atoms with Crippen LogP contribution in [-0.2, 0) is 0 Å². The SMILES string of the molecule is NC1CC1Nc1ncncc1Cl. The first-order valence-corrected chi connectivity index (χ1v) is 4.13. The maximum atomic E-state index is 5.82. The Morgan fingerprint density at radius 3 is 3.00 bits per heavy atom. The molecule has 0 bridgehead atoms. The summed E-state index contributed by atoms with van der Waals surface area (Å²) in [6.45, 7) is 0. The van der Waals surface area contributed by atoms with Crippen LogP contribution in [0.3, 0.4) is 0 Å². The first kappa shape index (κ1) is 7.76. The molecule has 1 aliphatic rings. The number of hydrogen-bond donors (Lipinski definition) is 2. The molecule has 1 saturated carbocycles. The summed E-state index contributed by atoms with van der Waals surface area (Å²) in [5.74, 6) is 0.671. The van der Waals surface area contributed by atoms with Gasteiger partial charge in [0.25, 0.3) is 0 Å². The molecule has 0 radical (unpaired) electrons. The fourth-order valence-corrected chi connectivity index (χ4v) is 1.13. The Kier molecular flexibility index (Phi) is 1.86. The van der Waals surface area contributed by atoms with Crippen molar-refractivity contribution < 1.29 is 0 Å². The number of anilines is 1. The lowest BCUT2D eigenvalue weighted by atomic mass is 10.5. The molecule has 1 aromatic heterocycles. The van der Waals surface area contributed by atoms with Crippen LogP contribution in [0.15, 0.2) is 12.5 Å². The third-order valence-corrected chi connectivity index (χ3v) is 2.11. The van der Waals surface area contributed by atoms with E-state index in [0.717, 1.165) is 6.42 Å². The highest BCUT2D eigenvalue weighted by atomic mass is 35.5. The van der Waals surface area contributed by atoms with Gasteiger partial charge in [-0.1, -0.05) is 11.6 Å². The van der Waals surface area contributed by atoms with Crippen LogP contribution in [0.5, 0.6) is 0 Å². The first-order valence-electron chi connectivity index (χ1n) is 3.75. The van der Waals surface area contributed by atoms with E-state index in [-0.39, 0.29) is 6.04 Å². The number of rotatable bonds is 2. The minimum Gasteiger partial charge on any atom is -0.364 e. The largest absolute Gasteiger partial charge is 0.364 e. The summed E-state index contributed by atoms with van der Waals surface area (Å²) in [6.07, 6.45) is 4.01. The van der Waals surface area contributed by atoms with Crippen molar-refractivity contribution in [2.45, 2.75) is 18.5 Å². The normalized spacial score (nSPS) is 26.8. The number of nitrogens with two attached hydrogens (primary N) is 1. The van der Waals surface area contributed by atoms with Gasteiger partial charge in [-0.2, -0.15) is 0 Å². The highest BCUT2D eigenvalue weighted by molar-refractivity contribution is 6.32. The summed E-state index contributed by atoms with van der Waals surface area (Å²) >= 11 is 5.82. The average molecular weight is 185 g/mol. The average Bonchev–Trinajstić information content (AvgIpc) is 2.72. The van der Waals surface area contributed by atoms with E-state index < -0.39 is 0 Å². The van der Waals surface area contributed by atoms with E-state index in [0.29, 0.717) is 16.9 Å². The van der Waals surface area contributed by atoms with Crippen molar-refractivity contribution in [1.29, 1.82) is 0 Å². The highest BCUT2D eigenvalue weighted by Crippen LogP contribution is 2.25. The van der Waals surface area contributed by atoms with Crippen LogP contribution in [0.25, 0.3) is 0 Å². The van der Waals surface area contributed by atoms with Gasteiger partial charge in [0, 0.05) is 12.1 Å². The molecular weight excluding hydrogens is 176 g/mol. The van der Waals surface area contributed by atoms with Gasteiger partial charge in [-0.3, -0.25) is 0 Å². The zero-order valence-corrected chi connectivity index (χ0v) is 7.12. The van der Waals surface area contributed by atoms with Crippen molar-refractivity contribution in [2.75, 3.05) is 5.32 Å². The van der Waals surface area contributed by atoms with E-state index in [1.165, 1.54) is 6.33 Å². The van der Waals surface area contributed by atoms with Gasteiger partial charge in [0.2, 0.25) is 0 Å². The number of hydrogen-bond acceptors (Lipinski definition) is 4. The molecule has 64 valence electrons. The second kappa shape index (κ2) is 2.88. The summed E-state index contributed by atoms with van der Waals surface area (Å²) in [6, 6.07) is 0.577. The summed E-state index contributed by atoms with van der Waals surface area (Å²) < 4.78 is 0. The van der Waals surface area contributed by atoms with Gasteiger partial charge in [-0.05, 0) is 6.42 Å². The van der Waals surface area contributed by atoms with Crippen molar-refractivity contribution >= 4 is 17.4 Å². The lowest BCUT2D eigenvalue weighted by Gasteiger charge is -2.03. The Morgan fingerprint density at radius 1 is 1.67 bits per heavy atom. The summed E-state index contributed by atoms with van der Waals surface area (Å²) in [4.78, 5) is 7.76. The number of halogens is 1. The van der Waals surface area contributed by atoms with Gasteiger partial charge >= 0.3 is 0 Å². The topological polar surface area (TPSA) is 63.8 Å². The molecule has 1 aromatic rings. The van der Waals surface area contributed by atoms with E-state index in [9.17, 15) is 0 Å². The summed E-state index contributed by atoms with van der Waals surface area (Å²) in [5, 5.41) is 3.66. The van der Waals surface area contributed by atoms with Crippen molar-refractivity contribution in [3.05, 3.63) is 17.5 Å². The first-order chi connectivity index (χ1) is 5.77. The van der Waals surface area contributed by atoms with E-state index in [2.05, 4.69) is 15.3 Å². The molecule has 3 N–H and O–H groups in total. The summed E-state index contributed by atoms with van der Waals surface area (Å²) in [7, 11) is 0. The van der Waals surface area contributed by atoms with Crippen LogP contribution in [-0.4, -0.2) is 22.1 Å². The molecule has 0 amide bonds. The number of nitrogens with zero attached hydrogens (tertiary/aromatic N) is 2. The van der Waals surface area contributed by atoms with Crippen LogP contribution in [0, 0.1) is 0 Å². The lowest BCUT2D eigenvalue weighted by Crippen LogP contribution is -2.14. The Balaban J connectivity index is 2.08. The van der Waals surface area contributed by atoms with Gasteiger partial charge in [0.15, 0.2) is 0 Å². The van der Waals surface area contributed by atoms with E-state index in [4.69, 9.17) is 17.3 Å². The Bertz CT molecular complexity index is 290. The van der Waals surface area contributed by atoms with Gasteiger partial charge in [0.05, 0.1) is 6.20 Å². The molecule has 2 unspecified atom stereocenters. The molecule has 0 aromatic carbocycles. The predicted octanol–water partition coefficient (Wildman–Crippen LogP) is 0.641. The smallest absolute Gasteiger partial charge is 0.148 e. The van der Waals surface area contributed by atoms with Crippen molar-refractivity contribution in [3.63, 3.8) is 0 Å². The Morgan fingerprint density at radius 2 is 2.42 bits per heavy atom. The molecule has 12 heavy (non-hydrogen) atoms. The molecular formula is C7H9ClN4. The lowest BCUT2D eigenvalue weighted by molar-refractivity contribution is 0.991. The zero-order valence-electron chi connectivity index (χ0n) is 6.37. The third-order valence-electron chi connectivity index (χ3n) is 1.83. The minimum absolute atomic E-state index is 0.246. The van der Waals surface area contributed by atoms with Gasteiger partial charge in [-0.15, -0.1) is 0 Å². The molecule has 0 saturated heterocycles. The Hall–Kier alpha value is -0.870. The van der Waals surface area contributed by atoms with Crippen molar-refractivity contribution in [3.8, 4) is 0 Å². The molecule has 4 nitrogen and oxygen atoms in total. The fourth-order valence-electron chi connectivity index (χ4n) is 0.975. The quantitative estimate of drug-likeness (QED) is 0.708. The van der Waals surface area contributed by atoms with Crippen molar-refractivity contribution in [1.82, 2.24) is 9.97 Å². The summed E-state index contributed by atoms with van der Waals surface area (Å²) in [5.41, 5.74) is 5.62. The fraction of sp³-hybridized carbons (Fsp3) is 0.429. The molecule has 1 fully saturated rings. The maximum absolute atomic E-state index is 5.82. The monoisotopic (exact) mass is 184 g/mol. The Labute approximate surface area is 75.2 Å². The molecule has 1 heterocycles. The standard InChI is InChI=1S/C7H9ClN4/c8-4-2-10-3-11-7(4)12-6-1-5(6)9/h2-3,5-6H,1,9H2,(H,10,11,12). The maximum Gasteiger partial charge on any atom is 0.148 e. The van der Waals surface area contributed by atoms with Crippen LogP contribution in [0.1, 0.15) is 6.42 Å². The van der Waals surface area contributed by atoms with E-state index in [1.807, 2.05) is 0 Å². The van der Waals surface area contributed by atoms with Gasteiger partial charge < -0.3 is 11.1 Å². The molecule has 0 aliphatic heterocycles. The van der Waals surface area contributed by atoms with Crippen LogP contribution < -0.4 is 11.1 Å². The molecule has 5 heteroatoms. The molecule has 2 rings (SSSR count). The third kappa shape index (κ3) is 1.49. The second-order valence-corrected chi connectivity index (χ2v) is 3.28. The molecule has 2 atom stereocenters. The van der Waals surface area contributed by atoms with Crippen molar-refractivity contribution in [2.24, 2.45) is 5.73 Å². The van der Waals surface area contributed by atoms with Crippen LogP contribution in [0.4, 0.5) is 5.82 Å². The number of nitrogens with one attached hydrogen (secondary N) is 1. The number of aromatic nitrogens is 2. The van der Waals surface area contributed by atoms with Crippen LogP contribution in [0.2, 0.25) is 5.02 Å². The van der Waals surface area contributed by atoms with Crippen LogP contribution >= 0.6 is 11.6 Å². The van der Waals surface area contributed by atoms with Gasteiger partial charge in [0.1, 0.15) is 17.2 Å². The zero-order chi connectivity index (χ0) is 8.55. The van der Waals surface area contributed by atoms with E-state index >= 15 is 0 Å². The second-order valence-electron chi connectivity index (χ2n) is 2.87.